The van der Waals surface area contributed by atoms with Crippen LogP contribution in [0.1, 0.15) is 30.8 Å². The van der Waals surface area contributed by atoms with E-state index < -0.39 is 0 Å². The molecule has 1 heterocycles. The number of benzene rings is 1. The van der Waals surface area contributed by atoms with Crippen molar-refractivity contribution in [2.24, 2.45) is 5.92 Å². The molecule has 1 aromatic carbocycles. The van der Waals surface area contributed by atoms with Crippen molar-refractivity contribution < 1.29 is 4.79 Å². The standard InChI is InChI=1S/C16H22N4O/c1-4-12(2)11-19(3)16(21)15-8-9-20(18-15)14-7-5-6-13(17)10-14/h5-10,12H,4,11,17H2,1-3H3. The van der Waals surface area contributed by atoms with Gasteiger partial charge in [-0.3, -0.25) is 4.79 Å². The molecular weight excluding hydrogens is 264 g/mol. The van der Waals surface area contributed by atoms with Gasteiger partial charge in [-0.15, -0.1) is 0 Å². The third kappa shape index (κ3) is 3.62. The molecule has 1 aromatic heterocycles. The molecule has 1 atom stereocenters. The number of anilines is 1. The molecule has 0 fully saturated rings. The molecule has 0 saturated heterocycles. The second-order valence-electron chi connectivity index (χ2n) is 5.44. The highest BCUT2D eigenvalue weighted by Gasteiger charge is 2.16. The number of carbonyl (C=O) groups excluding carboxylic acids is 1. The fraction of sp³-hybridized carbons (Fsp3) is 0.375. The monoisotopic (exact) mass is 286 g/mol. The Morgan fingerprint density at radius 1 is 1.43 bits per heavy atom. The first-order valence-electron chi connectivity index (χ1n) is 7.18. The second-order valence-corrected chi connectivity index (χ2v) is 5.44. The molecule has 0 spiro atoms. The van der Waals surface area contributed by atoms with Crippen LogP contribution in [0.15, 0.2) is 36.5 Å². The Morgan fingerprint density at radius 3 is 2.86 bits per heavy atom. The fourth-order valence-electron chi connectivity index (χ4n) is 2.12. The van der Waals surface area contributed by atoms with E-state index in [1.54, 1.807) is 21.8 Å². The average Bonchev–Trinajstić information content (AvgIpc) is 2.96. The Labute approximate surface area is 125 Å². The smallest absolute Gasteiger partial charge is 0.274 e. The van der Waals surface area contributed by atoms with E-state index in [4.69, 9.17) is 5.73 Å². The molecular formula is C16H22N4O. The van der Waals surface area contributed by atoms with Gasteiger partial charge in [0.1, 0.15) is 0 Å². The van der Waals surface area contributed by atoms with Gasteiger partial charge in [-0.25, -0.2) is 4.68 Å². The second kappa shape index (κ2) is 6.43. The molecule has 0 aliphatic rings. The summed E-state index contributed by atoms with van der Waals surface area (Å²) in [7, 11) is 1.81. The molecule has 5 nitrogen and oxygen atoms in total. The zero-order valence-electron chi connectivity index (χ0n) is 12.8. The summed E-state index contributed by atoms with van der Waals surface area (Å²) in [6.45, 7) is 4.99. The molecule has 5 heteroatoms. The molecule has 0 aliphatic carbocycles. The highest BCUT2D eigenvalue weighted by molar-refractivity contribution is 5.92. The fourth-order valence-corrected chi connectivity index (χ4v) is 2.12. The van der Waals surface area contributed by atoms with E-state index in [2.05, 4.69) is 18.9 Å². The summed E-state index contributed by atoms with van der Waals surface area (Å²) in [5.74, 6) is 0.424. The van der Waals surface area contributed by atoms with Gasteiger partial charge < -0.3 is 10.6 Å². The predicted octanol–water partition coefficient (Wildman–Crippen LogP) is 2.57. The van der Waals surface area contributed by atoms with Crippen molar-refractivity contribution in [1.82, 2.24) is 14.7 Å². The van der Waals surface area contributed by atoms with Crippen molar-refractivity contribution >= 4 is 11.6 Å². The van der Waals surface area contributed by atoms with Crippen LogP contribution in [0.4, 0.5) is 5.69 Å². The Kier molecular flexibility index (Phi) is 4.62. The summed E-state index contributed by atoms with van der Waals surface area (Å²) >= 11 is 0. The van der Waals surface area contributed by atoms with E-state index in [-0.39, 0.29) is 5.91 Å². The number of rotatable bonds is 5. The number of carbonyl (C=O) groups is 1. The van der Waals surface area contributed by atoms with Gasteiger partial charge in [0.05, 0.1) is 5.69 Å². The molecule has 0 aliphatic heterocycles. The number of hydrogen-bond acceptors (Lipinski definition) is 3. The van der Waals surface area contributed by atoms with E-state index in [0.29, 0.717) is 17.3 Å². The highest BCUT2D eigenvalue weighted by atomic mass is 16.2. The van der Waals surface area contributed by atoms with E-state index in [1.807, 2.05) is 31.3 Å². The molecule has 0 bridgehead atoms. The number of nitrogens with zero attached hydrogens (tertiary/aromatic N) is 3. The Balaban J connectivity index is 2.14. The summed E-state index contributed by atoms with van der Waals surface area (Å²) in [6, 6.07) is 9.14. The normalized spacial score (nSPS) is 12.1. The number of amides is 1. The number of nitrogens with two attached hydrogens (primary N) is 1. The van der Waals surface area contributed by atoms with Gasteiger partial charge in [-0.2, -0.15) is 5.10 Å². The Bertz CT molecular complexity index is 620. The van der Waals surface area contributed by atoms with E-state index in [1.165, 1.54) is 0 Å². The molecule has 2 aromatic rings. The zero-order chi connectivity index (χ0) is 15.4. The third-order valence-electron chi connectivity index (χ3n) is 3.57. The van der Waals surface area contributed by atoms with Crippen molar-refractivity contribution in [3.8, 4) is 5.69 Å². The van der Waals surface area contributed by atoms with Crippen LogP contribution in [0.5, 0.6) is 0 Å². The van der Waals surface area contributed by atoms with Crippen LogP contribution in [-0.4, -0.2) is 34.2 Å². The summed E-state index contributed by atoms with van der Waals surface area (Å²) in [5, 5.41) is 4.35. The summed E-state index contributed by atoms with van der Waals surface area (Å²) < 4.78 is 1.67. The number of nitrogen functional groups attached to an aromatic ring is 1. The maximum atomic E-state index is 12.3. The Morgan fingerprint density at radius 2 is 2.19 bits per heavy atom. The largest absolute Gasteiger partial charge is 0.399 e. The molecule has 2 N–H and O–H groups in total. The first-order valence-corrected chi connectivity index (χ1v) is 7.18. The topological polar surface area (TPSA) is 64.2 Å². The van der Waals surface area contributed by atoms with Gasteiger partial charge in [0.2, 0.25) is 0 Å². The minimum atomic E-state index is -0.0575. The lowest BCUT2D eigenvalue weighted by Crippen LogP contribution is -2.31. The van der Waals surface area contributed by atoms with Crippen LogP contribution in [0.3, 0.4) is 0 Å². The molecule has 0 radical (unpaired) electrons. The zero-order valence-corrected chi connectivity index (χ0v) is 12.8. The van der Waals surface area contributed by atoms with Crippen LogP contribution in [0, 0.1) is 5.92 Å². The van der Waals surface area contributed by atoms with Crippen LogP contribution in [0.2, 0.25) is 0 Å². The first-order chi connectivity index (χ1) is 10.0. The molecule has 112 valence electrons. The lowest BCUT2D eigenvalue weighted by Gasteiger charge is -2.19. The first kappa shape index (κ1) is 15.1. The molecule has 1 amide bonds. The minimum Gasteiger partial charge on any atom is -0.399 e. The molecule has 0 saturated carbocycles. The molecule has 1 unspecified atom stereocenters. The molecule has 2 rings (SSSR count). The summed E-state index contributed by atoms with van der Waals surface area (Å²) in [6.07, 6.45) is 2.83. The lowest BCUT2D eigenvalue weighted by atomic mass is 10.1. The van der Waals surface area contributed by atoms with Crippen LogP contribution in [-0.2, 0) is 0 Å². The van der Waals surface area contributed by atoms with E-state index >= 15 is 0 Å². The van der Waals surface area contributed by atoms with Gasteiger partial charge in [-0.05, 0) is 30.2 Å². The van der Waals surface area contributed by atoms with E-state index in [9.17, 15) is 4.79 Å². The van der Waals surface area contributed by atoms with Crippen molar-refractivity contribution in [3.05, 3.63) is 42.2 Å². The molecule has 21 heavy (non-hydrogen) atoms. The minimum absolute atomic E-state index is 0.0575. The Hall–Kier alpha value is -2.30. The van der Waals surface area contributed by atoms with Crippen molar-refractivity contribution in [1.29, 1.82) is 0 Å². The van der Waals surface area contributed by atoms with Gasteiger partial charge >= 0.3 is 0 Å². The van der Waals surface area contributed by atoms with Gasteiger partial charge in [0, 0.05) is 25.5 Å². The highest BCUT2D eigenvalue weighted by Crippen LogP contribution is 2.13. The van der Waals surface area contributed by atoms with Gasteiger partial charge in [-0.1, -0.05) is 26.3 Å². The van der Waals surface area contributed by atoms with Crippen LogP contribution >= 0.6 is 0 Å². The quantitative estimate of drug-likeness (QED) is 0.859. The van der Waals surface area contributed by atoms with Gasteiger partial charge in [0.15, 0.2) is 5.69 Å². The number of hydrogen-bond donors (Lipinski definition) is 1. The van der Waals surface area contributed by atoms with Gasteiger partial charge in [0.25, 0.3) is 5.91 Å². The maximum Gasteiger partial charge on any atom is 0.274 e. The third-order valence-corrected chi connectivity index (χ3v) is 3.57. The number of aromatic nitrogens is 2. The summed E-state index contributed by atoms with van der Waals surface area (Å²) in [4.78, 5) is 14.1. The maximum absolute atomic E-state index is 12.3. The van der Waals surface area contributed by atoms with Crippen molar-refractivity contribution in [3.63, 3.8) is 0 Å². The predicted molar refractivity (Wildman–Crippen MR) is 84.4 cm³/mol. The SMILES string of the molecule is CCC(C)CN(C)C(=O)c1ccn(-c2cccc(N)c2)n1. The average molecular weight is 286 g/mol. The lowest BCUT2D eigenvalue weighted by molar-refractivity contribution is 0.0768. The summed E-state index contributed by atoms with van der Waals surface area (Å²) in [5.41, 5.74) is 7.73. The van der Waals surface area contributed by atoms with Crippen LogP contribution < -0.4 is 5.73 Å². The van der Waals surface area contributed by atoms with Crippen LogP contribution in [0.25, 0.3) is 5.69 Å². The van der Waals surface area contributed by atoms with Crippen molar-refractivity contribution in [2.45, 2.75) is 20.3 Å². The van der Waals surface area contributed by atoms with E-state index in [0.717, 1.165) is 18.7 Å². The van der Waals surface area contributed by atoms with Crippen molar-refractivity contribution in [2.75, 3.05) is 19.3 Å².